The lowest BCUT2D eigenvalue weighted by atomic mass is 9.91. The van der Waals surface area contributed by atoms with Crippen molar-refractivity contribution in [2.24, 2.45) is 10.8 Å². The summed E-state index contributed by atoms with van der Waals surface area (Å²) in [4.78, 5) is 0. The molecule has 2 heteroatoms. The molecule has 0 aliphatic carbocycles. The largest absolute Gasteiger partial charge is 0.118 e. The topological polar surface area (TPSA) is 0 Å². The van der Waals surface area contributed by atoms with E-state index in [2.05, 4.69) is 41.5 Å². The Hall–Kier alpha value is 0.440. The third-order valence-corrected chi connectivity index (χ3v) is 3.84. The number of thiocarbonyl (C=S) groups is 1. The van der Waals surface area contributed by atoms with E-state index in [1.54, 1.807) is 0 Å². The first kappa shape index (κ1) is 14.4. The molecule has 0 N–H and O–H groups in total. The van der Waals surface area contributed by atoms with Gasteiger partial charge >= 0.3 is 0 Å². The average Bonchev–Trinajstić information content (AvgIpc) is 1.94. The normalized spacial score (nSPS) is 13.0. The minimum atomic E-state index is 0.385. The monoisotopic (exact) mass is 232 g/mol. The Labute approximate surface area is 99.2 Å². The number of thioether (sulfide) groups is 1. The molecule has 0 rings (SSSR count). The predicted molar refractivity (Wildman–Crippen MR) is 73.2 cm³/mol. The van der Waals surface area contributed by atoms with E-state index in [0.29, 0.717) is 10.8 Å². The molecule has 0 aromatic rings. The molecule has 0 heterocycles. The van der Waals surface area contributed by atoms with E-state index in [9.17, 15) is 0 Å². The van der Waals surface area contributed by atoms with E-state index in [1.165, 1.54) is 10.6 Å². The first-order chi connectivity index (χ1) is 6.10. The van der Waals surface area contributed by atoms with Gasteiger partial charge in [0.15, 0.2) is 0 Å². The zero-order valence-corrected chi connectivity index (χ0v) is 12.1. The molecule has 0 atom stereocenters. The van der Waals surface area contributed by atoms with Gasteiger partial charge in [0.1, 0.15) is 0 Å². The van der Waals surface area contributed by atoms with Crippen LogP contribution in [-0.2, 0) is 0 Å². The zero-order valence-electron chi connectivity index (χ0n) is 10.4. The molecule has 0 amide bonds. The van der Waals surface area contributed by atoms with Crippen molar-refractivity contribution in [3.63, 3.8) is 0 Å². The highest BCUT2D eigenvalue weighted by Gasteiger charge is 2.14. The Morgan fingerprint density at radius 3 is 1.86 bits per heavy atom. The molecule has 0 unspecified atom stereocenters. The second-order valence-electron chi connectivity index (χ2n) is 6.28. The summed E-state index contributed by atoms with van der Waals surface area (Å²) in [6.45, 7) is 13.6. The van der Waals surface area contributed by atoms with Gasteiger partial charge in [-0.3, -0.25) is 0 Å². The molecule has 0 aliphatic rings. The van der Waals surface area contributed by atoms with E-state index in [0.717, 1.165) is 12.2 Å². The summed E-state index contributed by atoms with van der Waals surface area (Å²) < 4.78 is 1.18. The molecule has 0 radical (unpaired) electrons. The van der Waals surface area contributed by atoms with Crippen LogP contribution in [-0.4, -0.2) is 9.95 Å². The molecule has 0 nitrogen and oxygen atoms in total. The smallest absolute Gasteiger partial charge is 0.0478 e. The Morgan fingerprint density at radius 1 is 1.00 bits per heavy atom. The number of rotatable bonds is 3. The van der Waals surface area contributed by atoms with Crippen LogP contribution in [0.2, 0.25) is 0 Å². The van der Waals surface area contributed by atoms with Crippen LogP contribution < -0.4 is 0 Å². The van der Waals surface area contributed by atoms with Crippen molar-refractivity contribution in [2.75, 3.05) is 5.75 Å². The number of hydrogen-bond donors (Lipinski definition) is 0. The summed E-state index contributed by atoms with van der Waals surface area (Å²) in [5.74, 6) is 1.13. The molecule has 0 fully saturated rings. The lowest BCUT2D eigenvalue weighted by Crippen LogP contribution is -2.11. The summed E-state index contributed by atoms with van der Waals surface area (Å²) in [5.41, 5.74) is 0.794. The molecular formula is C12H24S2. The molecule has 0 bridgehead atoms. The van der Waals surface area contributed by atoms with E-state index in [1.807, 2.05) is 11.8 Å². The van der Waals surface area contributed by atoms with Crippen molar-refractivity contribution in [1.82, 2.24) is 0 Å². The van der Waals surface area contributed by atoms with Crippen LogP contribution in [0, 0.1) is 10.8 Å². The third kappa shape index (κ3) is 10.5. The molecule has 0 aromatic heterocycles. The highest BCUT2D eigenvalue weighted by molar-refractivity contribution is 8.23. The molecule has 0 aromatic carbocycles. The van der Waals surface area contributed by atoms with Crippen molar-refractivity contribution >= 4 is 28.2 Å². The van der Waals surface area contributed by atoms with Crippen LogP contribution in [0.5, 0.6) is 0 Å². The highest BCUT2D eigenvalue weighted by Crippen LogP contribution is 2.26. The molecule has 84 valence electrons. The van der Waals surface area contributed by atoms with Crippen LogP contribution in [0.3, 0.4) is 0 Å². The highest BCUT2D eigenvalue weighted by atomic mass is 32.2. The lowest BCUT2D eigenvalue weighted by molar-refractivity contribution is 0.387. The lowest BCUT2D eigenvalue weighted by Gasteiger charge is -2.20. The van der Waals surface area contributed by atoms with Crippen molar-refractivity contribution in [2.45, 2.75) is 54.4 Å². The average molecular weight is 232 g/mol. The van der Waals surface area contributed by atoms with Crippen molar-refractivity contribution in [3.05, 3.63) is 0 Å². The van der Waals surface area contributed by atoms with Gasteiger partial charge in [0.2, 0.25) is 0 Å². The molecule has 0 aliphatic heterocycles. The first-order valence-electron chi connectivity index (χ1n) is 5.26. The summed E-state index contributed by atoms with van der Waals surface area (Å²) in [6.07, 6.45) is 2.28. The van der Waals surface area contributed by atoms with Gasteiger partial charge in [-0.15, -0.1) is 11.8 Å². The van der Waals surface area contributed by atoms with E-state index in [-0.39, 0.29) is 0 Å². The van der Waals surface area contributed by atoms with Gasteiger partial charge in [-0.2, -0.15) is 0 Å². The first-order valence-corrected chi connectivity index (χ1v) is 6.65. The molecule has 14 heavy (non-hydrogen) atoms. The second kappa shape index (κ2) is 5.50. The predicted octanol–water partition coefficient (Wildman–Crippen LogP) is 4.92. The fraction of sp³-hybridized carbons (Fsp3) is 0.917. The Balaban J connectivity index is 3.68. The molecule has 0 spiro atoms. The van der Waals surface area contributed by atoms with Gasteiger partial charge in [-0.05, 0) is 23.7 Å². The molecular weight excluding hydrogens is 208 g/mol. The van der Waals surface area contributed by atoms with Crippen molar-refractivity contribution in [1.29, 1.82) is 0 Å². The van der Waals surface area contributed by atoms with Crippen LogP contribution >= 0.6 is 24.0 Å². The van der Waals surface area contributed by atoms with Crippen molar-refractivity contribution in [3.8, 4) is 0 Å². The van der Waals surface area contributed by atoms with Crippen LogP contribution in [0.25, 0.3) is 0 Å². The van der Waals surface area contributed by atoms with Gasteiger partial charge in [0.25, 0.3) is 0 Å². The van der Waals surface area contributed by atoms with Crippen LogP contribution in [0.4, 0.5) is 0 Å². The maximum absolute atomic E-state index is 5.35. The van der Waals surface area contributed by atoms with E-state index in [4.69, 9.17) is 12.2 Å². The van der Waals surface area contributed by atoms with Gasteiger partial charge in [-0.25, -0.2) is 0 Å². The Morgan fingerprint density at radius 2 is 1.50 bits per heavy atom. The van der Waals surface area contributed by atoms with E-state index >= 15 is 0 Å². The van der Waals surface area contributed by atoms with Crippen LogP contribution in [0.1, 0.15) is 54.4 Å². The van der Waals surface area contributed by atoms with Gasteiger partial charge < -0.3 is 0 Å². The molecule has 0 saturated heterocycles. The van der Waals surface area contributed by atoms with Crippen LogP contribution in [0.15, 0.2) is 0 Å². The van der Waals surface area contributed by atoms with Gasteiger partial charge in [0.05, 0.1) is 0 Å². The third-order valence-electron chi connectivity index (χ3n) is 1.75. The maximum atomic E-state index is 5.35. The molecule has 0 saturated carbocycles. The maximum Gasteiger partial charge on any atom is 0.0478 e. The summed E-state index contributed by atoms with van der Waals surface area (Å²) in [6, 6.07) is 0. The Bertz CT molecular complexity index is 161. The fourth-order valence-corrected chi connectivity index (χ4v) is 1.97. The summed E-state index contributed by atoms with van der Waals surface area (Å²) >= 11 is 7.21. The summed E-state index contributed by atoms with van der Waals surface area (Å²) in [5, 5.41) is 0. The van der Waals surface area contributed by atoms with Gasteiger partial charge in [0, 0.05) is 9.95 Å². The SMILES string of the molecule is CC(C)(C)CCC(=S)SCC(C)(C)C. The van der Waals surface area contributed by atoms with E-state index < -0.39 is 0 Å². The summed E-state index contributed by atoms with van der Waals surface area (Å²) in [7, 11) is 0. The minimum absolute atomic E-state index is 0.385. The zero-order chi connectivity index (χ0) is 11.4. The quantitative estimate of drug-likeness (QED) is 0.634. The number of hydrogen-bond acceptors (Lipinski definition) is 2. The fourth-order valence-electron chi connectivity index (χ4n) is 0.846. The standard InChI is InChI=1S/C12H24S2/c1-11(2,3)8-7-10(13)14-9-12(4,5)6/h7-9H2,1-6H3. The van der Waals surface area contributed by atoms with Gasteiger partial charge in [-0.1, -0.05) is 53.8 Å². The van der Waals surface area contributed by atoms with Crippen molar-refractivity contribution < 1.29 is 0 Å². The second-order valence-corrected chi connectivity index (χ2v) is 8.10. The minimum Gasteiger partial charge on any atom is -0.118 e. The Kier molecular flexibility index (Phi) is 5.68.